The lowest BCUT2D eigenvalue weighted by Gasteiger charge is -2.39. The summed E-state index contributed by atoms with van der Waals surface area (Å²) in [6, 6.07) is 0.501. The fourth-order valence-corrected chi connectivity index (χ4v) is 3.29. The molecule has 2 heterocycles. The number of rotatable bonds is 6. The van der Waals surface area contributed by atoms with Crippen molar-refractivity contribution < 1.29 is 14.3 Å². The number of carboxylic acids is 1. The van der Waals surface area contributed by atoms with Crippen molar-refractivity contribution in [3.63, 3.8) is 0 Å². The zero-order chi connectivity index (χ0) is 17.9. The molecule has 136 valence electrons. The van der Waals surface area contributed by atoms with Gasteiger partial charge in [0.2, 0.25) is 5.89 Å². The third-order valence-electron chi connectivity index (χ3n) is 4.93. The number of likely N-dealkylation sites (N-methyl/N-ethyl adjacent to an activating group) is 1. The molecule has 1 aliphatic heterocycles. The maximum atomic E-state index is 11.0. The maximum Gasteiger partial charge on any atom is 0.317 e. The number of oxazole rings is 1. The standard InChI is InChI=1S/C18H31N3O3/c1-6-20(12-16(22)23)14-7-9-21(10-8-14)13(2)17-19-11-15(24-17)18(3,4)5/h11,13-14H,6-10,12H2,1-5H3,(H,22,23). The van der Waals surface area contributed by atoms with Crippen molar-refractivity contribution in [2.45, 2.75) is 65.0 Å². The first kappa shape index (κ1) is 18.9. The SMILES string of the molecule is CCN(CC(=O)O)C1CCN(C(C)c2ncc(C(C)(C)C)o2)CC1. The predicted octanol–water partition coefficient (Wildman–Crippen LogP) is 2.90. The van der Waals surface area contributed by atoms with E-state index in [-0.39, 0.29) is 18.0 Å². The number of carbonyl (C=O) groups is 1. The van der Waals surface area contributed by atoms with Crippen LogP contribution in [0.5, 0.6) is 0 Å². The molecule has 2 rings (SSSR count). The molecular formula is C18H31N3O3. The Bertz CT molecular complexity index is 542. The van der Waals surface area contributed by atoms with Crippen LogP contribution in [0.4, 0.5) is 0 Å². The highest BCUT2D eigenvalue weighted by molar-refractivity contribution is 5.69. The molecule has 0 radical (unpaired) electrons. The van der Waals surface area contributed by atoms with Crippen LogP contribution in [0.3, 0.4) is 0 Å². The zero-order valence-electron chi connectivity index (χ0n) is 15.6. The summed E-state index contributed by atoms with van der Waals surface area (Å²) in [7, 11) is 0. The van der Waals surface area contributed by atoms with E-state index in [4.69, 9.17) is 9.52 Å². The van der Waals surface area contributed by atoms with Gasteiger partial charge in [0.05, 0.1) is 18.8 Å². The summed E-state index contributed by atoms with van der Waals surface area (Å²) in [5, 5.41) is 9.03. The monoisotopic (exact) mass is 337 g/mol. The van der Waals surface area contributed by atoms with Gasteiger partial charge in [-0.3, -0.25) is 14.6 Å². The molecular weight excluding hydrogens is 306 g/mol. The number of aromatic nitrogens is 1. The summed E-state index contributed by atoms with van der Waals surface area (Å²) >= 11 is 0. The molecule has 24 heavy (non-hydrogen) atoms. The fourth-order valence-electron chi connectivity index (χ4n) is 3.29. The van der Waals surface area contributed by atoms with Gasteiger partial charge in [-0.05, 0) is 26.3 Å². The van der Waals surface area contributed by atoms with Gasteiger partial charge in [0.1, 0.15) is 5.76 Å². The summed E-state index contributed by atoms with van der Waals surface area (Å²) in [4.78, 5) is 19.9. The summed E-state index contributed by atoms with van der Waals surface area (Å²) in [6.07, 6.45) is 3.81. The Morgan fingerprint density at radius 3 is 2.54 bits per heavy atom. The minimum Gasteiger partial charge on any atom is -0.480 e. The molecule has 1 atom stereocenters. The van der Waals surface area contributed by atoms with Crippen molar-refractivity contribution in [1.29, 1.82) is 0 Å². The van der Waals surface area contributed by atoms with E-state index in [1.807, 2.05) is 13.1 Å². The Balaban J connectivity index is 1.94. The second-order valence-electron chi connectivity index (χ2n) is 7.71. The highest BCUT2D eigenvalue weighted by Gasteiger charge is 2.30. The third-order valence-corrected chi connectivity index (χ3v) is 4.93. The molecule has 6 heteroatoms. The minimum absolute atomic E-state index is 0.0313. The average molecular weight is 337 g/mol. The summed E-state index contributed by atoms with van der Waals surface area (Å²) in [6.45, 7) is 13.3. The number of carboxylic acid groups (broad SMARTS) is 1. The van der Waals surface area contributed by atoms with E-state index in [2.05, 4.69) is 42.5 Å². The van der Waals surface area contributed by atoms with Crippen molar-refractivity contribution >= 4 is 5.97 Å². The molecule has 1 aromatic rings. The fraction of sp³-hybridized carbons (Fsp3) is 0.778. The van der Waals surface area contributed by atoms with Crippen LogP contribution in [0.1, 0.15) is 65.2 Å². The van der Waals surface area contributed by atoms with Crippen molar-refractivity contribution in [2.24, 2.45) is 0 Å². The Morgan fingerprint density at radius 2 is 2.08 bits per heavy atom. The summed E-state index contributed by atoms with van der Waals surface area (Å²) < 4.78 is 5.97. The van der Waals surface area contributed by atoms with E-state index in [1.54, 1.807) is 0 Å². The highest BCUT2D eigenvalue weighted by atomic mass is 16.4. The molecule has 0 amide bonds. The molecule has 0 spiro atoms. The summed E-state index contributed by atoms with van der Waals surface area (Å²) in [5.74, 6) is 0.941. The van der Waals surface area contributed by atoms with Crippen LogP contribution in [0.2, 0.25) is 0 Å². The van der Waals surface area contributed by atoms with Gasteiger partial charge in [0.15, 0.2) is 0 Å². The Morgan fingerprint density at radius 1 is 1.46 bits per heavy atom. The van der Waals surface area contributed by atoms with E-state index in [1.165, 1.54) is 0 Å². The first-order valence-electron chi connectivity index (χ1n) is 8.88. The molecule has 0 saturated carbocycles. The van der Waals surface area contributed by atoms with Crippen LogP contribution in [0.15, 0.2) is 10.6 Å². The lowest BCUT2D eigenvalue weighted by Crippen LogP contribution is -2.47. The first-order chi connectivity index (χ1) is 11.2. The number of piperidine rings is 1. The van der Waals surface area contributed by atoms with Gasteiger partial charge in [0.25, 0.3) is 0 Å². The second-order valence-corrected chi connectivity index (χ2v) is 7.71. The van der Waals surface area contributed by atoms with Gasteiger partial charge in [0, 0.05) is 24.5 Å². The smallest absolute Gasteiger partial charge is 0.317 e. The summed E-state index contributed by atoms with van der Waals surface area (Å²) in [5.41, 5.74) is -0.0313. The van der Waals surface area contributed by atoms with Gasteiger partial charge in [-0.1, -0.05) is 27.7 Å². The van der Waals surface area contributed by atoms with E-state index < -0.39 is 5.97 Å². The van der Waals surface area contributed by atoms with Crippen LogP contribution >= 0.6 is 0 Å². The lowest BCUT2D eigenvalue weighted by molar-refractivity contribution is -0.139. The van der Waals surface area contributed by atoms with Gasteiger partial charge >= 0.3 is 5.97 Å². The van der Waals surface area contributed by atoms with Crippen LogP contribution < -0.4 is 0 Å². The van der Waals surface area contributed by atoms with Crippen molar-refractivity contribution in [3.8, 4) is 0 Å². The van der Waals surface area contributed by atoms with Gasteiger partial charge < -0.3 is 9.52 Å². The Labute approximate surface area is 144 Å². The number of aliphatic carboxylic acids is 1. The topological polar surface area (TPSA) is 69.8 Å². The molecule has 1 saturated heterocycles. The van der Waals surface area contributed by atoms with E-state index in [0.29, 0.717) is 6.04 Å². The van der Waals surface area contributed by atoms with Gasteiger partial charge in [-0.15, -0.1) is 0 Å². The molecule has 1 aliphatic rings. The minimum atomic E-state index is -0.748. The van der Waals surface area contributed by atoms with Gasteiger partial charge in [-0.25, -0.2) is 4.98 Å². The zero-order valence-corrected chi connectivity index (χ0v) is 15.6. The predicted molar refractivity (Wildman–Crippen MR) is 93.1 cm³/mol. The molecule has 0 aromatic carbocycles. The molecule has 1 aromatic heterocycles. The van der Waals surface area contributed by atoms with Crippen molar-refractivity contribution in [2.75, 3.05) is 26.2 Å². The lowest BCUT2D eigenvalue weighted by atomic mass is 9.94. The molecule has 6 nitrogen and oxygen atoms in total. The average Bonchev–Trinajstić information content (AvgIpc) is 3.02. The third kappa shape index (κ3) is 4.57. The molecule has 0 aliphatic carbocycles. The van der Waals surface area contributed by atoms with Crippen LogP contribution in [0, 0.1) is 0 Å². The Hall–Kier alpha value is -1.40. The van der Waals surface area contributed by atoms with Crippen LogP contribution in [-0.2, 0) is 10.2 Å². The normalized spacial score (nSPS) is 18.9. The van der Waals surface area contributed by atoms with Crippen LogP contribution in [0.25, 0.3) is 0 Å². The maximum absolute atomic E-state index is 11.0. The largest absolute Gasteiger partial charge is 0.480 e. The van der Waals surface area contributed by atoms with E-state index >= 15 is 0 Å². The molecule has 1 N–H and O–H groups in total. The number of hydrogen-bond donors (Lipinski definition) is 1. The molecule has 0 bridgehead atoms. The van der Waals surface area contributed by atoms with Crippen molar-refractivity contribution in [3.05, 3.63) is 17.8 Å². The quantitative estimate of drug-likeness (QED) is 0.861. The Kier molecular flexibility index (Phi) is 6.04. The second kappa shape index (κ2) is 7.66. The first-order valence-corrected chi connectivity index (χ1v) is 8.88. The highest BCUT2D eigenvalue weighted by Crippen LogP contribution is 2.29. The number of hydrogen-bond acceptors (Lipinski definition) is 5. The molecule has 1 unspecified atom stereocenters. The van der Waals surface area contributed by atoms with Gasteiger partial charge in [-0.2, -0.15) is 0 Å². The van der Waals surface area contributed by atoms with E-state index in [9.17, 15) is 4.79 Å². The van der Waals surface area contributed by atoms with Crippen LogP contribution in [-0.4, -0.2) is 58.1 Å². The number of nitrogens with zero attached hydrogens (tertiary/aromatic N) is 3. The number of likely N-dealkylation sites (tertiary alicyclic amines) is 1. The molecule has 1 fully saturated rings. The van der Waals surface area contributed by atoms with Crippen molar-refractivity contribution in [1.82, 2.24) is 14.8 Å². The van der Waals surface area contributed by atoms with E-state index in [0.717, 1.165) is 44.1 Å².